The van der Waals surface area contributed by atoms with Gasteiger partial charge in [0.25, 0.3) is 0 Å². The molecule has 0 bridgehead atoms. The molecule has 0 saturated heterocycles. The van der Waals surface area contributed by atoms with Crippen molar-refractivity contribution in [3.63, 3.8) is 0 Å². The van der Waals surface area contributed by atoms with Crippen molar-refractivity contribution >= 4 is 63.6 Å². The second-order valence-corrected chi connectivity index (χ2v) is 9.33. The van der Waals surface area contributed by atoms with Gasteiger partial charge in [-0.1, -0.05) is 47.5 Å². The third-order valence-electron chi connectivity index (χ3n) is 5.36. The van der Waals surface area contributed by atoms with Gasteiger partial charge in [0.2, 0.25) is 11.8 Å². The fraction of sp³-hybridized carbons (Fsp3) is 0.0357. The number of rotatable bonds is 6. The smallest absolute Gasteiger partial charge is 0.250 e. The lowest BCUT2D eigenvalue weighted by atomic mass is 10.1. The predicted molar refractivity (Wildman–Crippen MR) is 150 cm³/mol. The number of oxazole rings is 1. The predicted octanol–water partition coefficient (Wildman–Crippen LogP) is 7.27. The summed E-state index contributed by atoms with van der Waals surface area (Å²) in [7, 11) is 0. The van der Waals surface area contributed by atoms with Gasteiger partial charge in [-0.3, -0.25) is 10.1 Å². The lowest BCUT2D eigenvalue weighted by Crippen LogP contribution is -2.37. The van der Waals surface area contributed by atoms with Crippen LogP contribution in [-0.2, 0) is 11.3 Å². The van der Waals surface area contributed by atoms with E-state index in [0.29, 0.717) is 34.0 Å². The molecule has 0 atom stereocenters. The van der Waals surface area contributed by atoms with Crippen molar-refractivity contribution in [3.05, 3.63) is 106 Å². The molecule has 0 unspecified atom stereocenters. The van der Waals surface area contributed by atoms with Gasteiger partial charge in [0, 0.05) is 33.8 Å². The van der Waals surface area contributed by atoms with Crippen LogP contribution in [0.2, 0.25) is 10.0 Å². The van der Waals surface area contributed by atoms with Crippen LogP contribution in [-0.4, -0.2) is 16.0 Å². The monoisotopic (exact) mass is 547 g/mol. The van der Waals surface area contributed by atoms with Gasteiger partial charge in [0.15, 0.2) is 10.7 Å². The van der Waals surface area contributed by atoms with Crippen molar-refractivity contribution < 1.29 is 13.6 Å². The summed E-state index contributed by atoms with van der Waals surface area (Å²) in [6.07, 6.45) is 2.90. The van der Waals surface area contributed by atoms with E-state index in [0.717, 1.165) is 27.8 Å². The number of amides is 1. The summed E-state index contributed by atoms with van der Waals surface area (Å²) in [6, 6.07) is 24.1. The molecule has 1 amide bonds. The minimum absolute atomic E-state index is 0.214. The molecule has 0 fully saturated rings. The van der Waals surface area contributed by atoms with Gasteiger partial charge in [0.05, 0.1) is 0 Å². The minimum Gasteiger partial charge on any atom is -0.457 e. The molecule has 9 heteroatoms. The van der Waals surface area contributed by atoms with Crippen LogP contribution in [0.5, 0.6) is 0 Å². The zero-order valence-corrected chi connectivity index (χ0v) is 21.5. The van der Waals surface area contributed by atoms with Crippen LogP contribution in [0.4, 0.5) is 0 Å². The Morgan fingerprint density at radius 3 is 2.43 bits per heavy atom. The fourth-order valence-electron chi connectivity index (χ4n) is 3.59. The third-order valence-corrected chi connectivity index (χ3v) is 6.04. The Morgan fingerprint density at radius 1 is 0.919 bits per heavy atom. The van der Waals surface area contributed by atoms with Gasteiger partial charge in [-0.05, 0) is 78.5 Å². The average Bonchev–Trinajstić information content (AvgIpc) is 3.53. The number of aromatic nitrogens is 1. The second kappa shape index (κ2) is 11.0. The second-order valence-electron chi connectivity index (χ2n) is 8.05. The highest BCUT2D eigenvalue weighted by molar-refractivity contribution is 7.80. The molecule has 0 spiro atoms. The van der Waals surface area contributed by atoms with Crippen molar-refractivity contribution in [1.29, 1.82) is 0 Å². The van der Waals surface area contributed by atoms with E-state index in [2.05, 4.69) is 15.6 Å². The highest BCUT2D eigenvalue weighted by Crippen LogP contribution is 2.29. The zero-order valence-electron chi connectivity index (χ0n) is 19.2. The number of carbonyl (C=O) groups is 1. The Bertz CT molecular complexity index is 1570. The zero-order chi connectivity index (χ0) is 25.8. The summed E-state index contributed by atoms with van der Waals surface area (Å²) >= 11 is 17.3. The Labute approximate surface area is 227 Å². The van der Waals surface area contributed by atoms with Gasteiger partial charge in [-0.2, -0.15) is 0 Å². The summed E-state index contributed by atoms with van der Waals surface area (Å²) in [5, 5.41) is 6.88. The van der Waals surface area contributed by atoms with Crippen molar-refractivity contribution in [2.45, 2.75) is 6.54 Å². The molecule has 3 aromatic carbocycles. The molecule has 0 radical (unpaired) electrons. The maximum Gasteiger partial charge on any atom is 0.250 e. The number of fused-ring (bicyclic) bond motifs is 1. The summed E-state index contributed by atoms with van der Waals surface area (Å²) in [6.45, 7) is 0.445. The van der Waals surface area contributed by atoms with Crippen LogP contribution >= 0.6 is 35.4 Å². The number of furan rings is 1. The maximum absolute atomic E-state index is 12.3. The van der Waals surface area contributed by atoms with E-state index in [1.165, 1.54) is 6.08 Å². The lowest BCUT2D eigenvalue weighted by Gasteiger charge is -2.08. The molecule has 2 aromatic heterocycles. The van der Waals surface area contributed by atoms with Crippen molar-refractivity contribution in [1.82, 2.24) is 15.6 Å². The van der Waals surface area contributed by atoms with Crippen LogP contribution in [0.1, 0.15) is 11.3 Å². The number of benzene rings is 3. The standard InChI is InChI=1S/C28H19Cl2N3O3S/c29-20-13-19(14-21(30)15-20)24-11-9-22(35-24)10-12-26(34)33-28(37)31-16-17-5-7-18(8-6-17)27-32-23-3-1-2-4-25(23)36-27/h1-15H,16H2,(H2,31,33,34,37)/b12-10+. The fourth-order valence-corrected chi connectivity index (χ4v) is 4.29. The van der Waals surface area contributed by atoms with E-state index in [9.17, 15) is 4.79 Å². The molecule has 0 saturated carbocycles. The Hall–Kier alpha value is -3.91. The summed E-state index contributed by atoms with van der Waals surface area (Å²) in [5.74, 6) is 1.27. The topological polar surface area (TPSA) is 80.3 Å². The van der Waals surface area contributed by atoms with E-state index in [4.69, 9.17) is 44.3 Å². The first-order chi connectivity index (χ1) is 17.9. The molecule has 0 aliphatic carbocycles. The number of thiocarbonyl (C=S) groups is 1. The van der Waals surface area contributed by atoms with Gasteiger partial charge in [-0.25, -0.2) is 4.98 Å². The van der Waals surface area contributed by atoms with Crippen LogP contribution in [0, 0.1) is 0 Å². The van der Waals surface area contributed by atoms with Crippen molar-refractivity contribution in [3.8, 4) is 22.8 Å². The van der Waals surface area contributed by atoms with Crippen molar-refractivity contribution in [2.75, 3.05) is 0 Å². The molecule has 5 rings (SSSR count). The quantitative estimate of drug-likeness (QED) is 0.172. The molecule has 2 N–H and O–H groups in total. The van der Waals surface area contributed by atoms with Gasteiger partial charge >= 0.3 is 0 Å². The Balaban J connectivity index is 1.12. The molecule has 0 aliphatic heterocycles. The first-order valence-corrected chi connectivity index (χ1v) is 12.4. The maximum atomic E-state index is 12.3. The van der Waals surface area contributed by atoms with E-state index in [1.54, 1.807) is 36.4 Å². The molecule has 2 heterocycles. The third kappa shape index (κ3) is 6.27. The lowest BCUT2D eigenvalue weighted by molar-refractivity contribution is -0.115. The molecule has 0 aliphatic rings. The summed E-state index contributed by atoms with van der Waals surface area (Å²) in [5.41, 5.74) is 4.17. The Morgan fingerprint density at radius 2 is 1.68 bits per heavy atom. The average molecular weight is 548 g/mol. The van der Waals surface area contributed by atoms with Crippen LogP contribution < -0.4 is 10.6 Å². The van der Waals surface area contributed by atoms with Gasteiger partial charge in [0.1, 0.15) is 17.0 Å². The van der Waals surface area contributed by atoms with Crippen molar-refractivity contribution in [2.24, 2.45) is 0 Å². The number of carbonyl (C=O) groups excluding carboxylic acids is 1. The highest BCUT2D eigenvalue weighted by Gasteiger charge is 2.09. The van der Waals surface area contributed by atoms with Crippen LogP contribution in [0.3, 0.4) is 0 Å². The summed E-state index contributed by atoms with van der Waals surface area (Å²) in [4.78, 5) is 16.8. The van der Waals surface area contributed by atoms with E-state index < -0.39 is 0 Å². The number of hydrogen-bond acceptors (Lipinski definition) is 5. The van der Waals surface area contributed by atoms with Crippen LogP contribution in [0.15, 0.2) is 93.8 Å². The first kappa shape index (κ1) is 24.8. The van der Waals surface area contributed by atoms with Gasteiger partial charge in [-0.15, -0.1) is 0 Å². The van der Waals surface area contributed by atoms with E-state index >= 15 is 0 Å². The van der Waals surface area contributed by atoms with E-state index in [1.807, 2.05) is 48.5 Å². The number of nitrogens with zero attached hydrogens (tertiary/aromatic N) is 1. The molecular formula is C28H19Cl2N3O3S. The first-order valence-electron chi connectivity index (χ1n) is 11.2. The number of para-hydroxylation sites is 2. The SMILES string of the molecule is O=C(/C=C/c1ccc(-c2cc(Cl)cc(Cl)c2)o1)NC(=S)NCc1ccc(-c2nc3ccccc3o2)cc1. The largest absolute Gasteiger partial charge is 0.457 e. The van der Waals surface area contributed by atoms with Gasteiger partial charge < -0.3 is 14.2 Å². The normalized spacial score (nSPS) is 11.2. The molecule has 37 heavy (non-hydrogen) atoms. The molecular weight excluding hydrogens is 529 g/mol. The Kier molecular flexibility index (Phi) is 7.37. The highest BCUT2D eigenvalue weighted by atomic mass is 35.5. The minimum atomic E-state index is -0.382. The summed E-state index contributed by atoms with van der Waals surface area (Å²) < 4.78 is 11.6. The van der Waals surface area contributed by atoms with E-state index in [-0.39, 0.29) is 11.0 Å². The number of nitrogens with one attached hydrogen (secondary N) is 2. The molecule has 184 valence electrons. The van der Waals surface area contributed by atoms with Crippen LogP contribution in [0.25, 0.3) is 40.0 Å². The number of halogens is 2. The molecule has 5 aromatic rings. The number of hydrogen-bond donors (Lipinski definition) is 2. The molecule has 6 nitrogen and oxygen atoms in total.